The lowest BCUT2D eigenvalue weighted by Crippen LogP contribution is -2.42. The van der Waals surface area contributed by atoms with Gasteiger partial charge in [-0.25, -0.2) is 0 Å². The van der Waals surface area contributed by atoms with Gasteiger partial charge in [0, 0.05) is 40.5 Å². The monoisotopic (exact) mass is 319 g/mol. The van der Waals surface area contributed by atoms with Gasteiger partial charge >= 0.3 is 8.80 Å². The van der Waals surface area contributed by atoms with Gasteiger partial charge in [0.1, 0.15) is 0 Å². The molecule has 0 N–H and O–H groups in total. The van der Waals surface area contributed by atoms with Crippen LogP contribution in [0.15, 0.2) is 0 Å². The van der Waals surface area contributed by atoms with Crippen LogP contribution in [0.1, 0.15) is 38.5 Å². The number of unbranched alkanes of at least 4 members (excludes halogenated alkanes) is 5. The van der Waals surface area contributed by atoms with Crippen LogP contribution in [0.25, 0.3) is 0 Å². The Labute approximate surface area is 131 Å². The van der Waals surface area contributed by atoms with Crippen molar-refractivity contribution in [3.05, 3.63) is 0 Å². The Kier molecular flexibility index (Phi) is 10.5. The van der Waals surface area contributed by atoms with E-state index in [0.717, 1.165) is 38.8 Å². The fourth-order valence-corrected chi connectivity index (χ4v) is 4.56. The molecule has 0 aromatic heterocycles. The van der Waals surface area contributed by atoms with E-state index in [1.165, 1.54) is 38.6 Å². The minimum Gasteiger partial charge on any atom is -0.379 e. The Balaban J connectivity index is 1.92. The molecule has 126 valence electrons. The van der Waals surface area contributed by atoms with E-state index in [2.05, 4.69) is 4.90 Å². The van der Waals surface area contributed by atoms with Gasteiger partial charge in [-0.1, -0.05) is 25.7 Å². The summed E-state index contributed by atoms with van der Waals surface area (Å²) in [6, 6.07) is 0.921. The molecular weight excluding hydrogens is 286 g/mol. The van der Waals surface area contributed by atoms with E-state index in [-0.39, 0.29) is 0 Å². The molecule has 1 fully saturated rings. The number of hydrogen-bond acceptors (Lipinski definition) is 5. The summed E-state index contributed by atoms with van der Waals surface area (Å²) in [5.41, 5.74) is 0. The quantitative estimate of drug-likeness (QED) is 0.408. The van der Waals surface area contributed by atoms with E-state index in [1.54, 1.807) is 21.3 Å². The van der Waals surface area contributed by atoms with E-state index in [4.69, 9.17) is 18.0 Å². The Bertz CT molecular complexity index is 238. The topological polar surface area (TPSA) is 40.2 Å². The van der Waals surface area contributed by atoms with Gasteiger partial charge in [0.05, 0.1) is 13.2 Å². The van der Waals surface area contributed by atoms with Crippen LogP contribution in [0.3, 0.4) is 0 Å². The second-order valence-corrected chi connectivity index (χ2v) is 8.71. The predicted octanol–water partition coefficient (Wildman–Crippen LogP) is 2.54. The second kappa shape index (κ2) is 11.6. The van der Waals surface area contributed by atoms with Crippen LogP contribution in [-0.2, 0) is 18.0 Å². The molecule has 0 unspecified atom stereocenters. The van der Waals surface area contributed by atoms with Gasteiger partial charge in [-0.15, -0.1) is 0 Å². The maximum absolute atomic E-state index is 5.43. The molecule has 1 aliphatic heterocycles. The Morgan fingerprint density at radius 2 is 1.33 bits per heavy atom. The molecule has 0 bridgehead atoms. The third kappa shape index (κ3) is 7.72. The number of ether oxygens (including phenoxy) is 1. The van der Waals surface area contributed by atoms with Crippen molar-refractivity contribution in [2.24, 2.45) is 0 Å². The molecule has 0 atom stereocenters. The molecule has 6 heteroatoms. The largest absolute Gasteiger partial charge is 0.500 e. The third-order valence-corrected chi connectivity index (χ3v) is 7.08. The van der Waals surface area contributed by atoms with Crippen molar-refractivity contribution >= 4 is 8.80 Å². The highest BCUT2D eigenvalue weighted by Crippen LogP contribution is 2.18. The smallest absolute Gasteiger partial charge is 0.379 e. The first-order chi connectivity index (χ1) is 10.3. The molecule has 0 aliphatic carbocycles. The van der Waals surface area contributed by atoms with E-state index in [1.807, 2.05) is 0 Å². The van der Waals surface area contributed by atoms with E-state index < -0.39 is 8.80 Å². The molecule has 0 spiro atoms. The summed E-state index contributed by atoms with van der Waals surface area (Å²) in [5.74, 6) is 0. The fourth-order valence-electron chi connectivity index (χ4n) is 2.76. The molecule has 0 saturated carbocycles. The summed E-state index contributed by atoms with van der Waals surface area (Å²) < 4.78 is 21.6. The molecule has 0 radical (unpaired) electrons. The predicted molar refractivity (Wildman–Crippen MR) is 86.5 cm³/mol. The second-order valence-electron chi connectivity index (χ2n) is 5.62. The Morgan fingerprint density at radius 1 is 0.810 bits per heavy atom. The van der Waals surface area contributed by atoms with Gasteiger partial charge in [0.15, 0.2) is 0 Å². The summed E-state index contributed by atoms with van der Waals surface area (Å²) >= 11 is 0. The van der Waals surface area contributed by atoms with Crippen molar-refractivity contribution in [2.75, 3.05) is 54.2 Å². The summed E-state index contributed by atoms with van der Waals surface area (Å²) in [6.45, 7) is 5.26. The molecule has 1 saturated heterocycles. The molecule has 1 rings (SSSR count). The van der Waals surface area contributed by atoms with Gasteiger partial charge in [-0.2, -0.15) is 0 Å². The zero-order valence-corrected chi connectivity index (χ0v) is 15.1. The van der Waals surface area contributed by atoms with Crippen LogP contribution in [0.4, 0.5) is 0 Å². The maximum Gasteiger partial charge on any atom is 0.500 e. The van der Waals surface area contributed by atoms with Gasteiger partial charge < -0.3 is 18.0 Å². The normalized spacial score (nSPS) is 17.3. The molecule has 1 aliphatic rings. The van der Waals surface area contributed by atoms with Crippen LogP contribution in [0, 0.1) is 0 Å². The zero-order valence-electron chi connectivity index (χ0n) is 14.1. The first-order valence-electron chi connectivity index (χ1n) is 8.22. The Morgan fingerprint density at radius 3 is 1.90 bits per heavy atom. The van der Waals surface area contributed by atoms with E-state index in [9.17, 15) is 0 Å². The highest BCUT2D eigenvalue weighted by atomic mass is 28.4. The van der Waals surface area contributed by atoms with Crippen molar-refractivity contribution < 1.29 is 18.0 Å². The van der Waals surface area contributed by atoms with Gasteiger partial charge in [-0.3, -0.25) is 4.90 Å². The van der Waals surface area contributed by atoms with Gasteiger partial charge in [0.2, 0.25) is 0 Å². The highest BCUT2D eigenvalue weighted by Gasteiger charge is 2.36. The molecule has 1 heterocycles. The molecule has 0 amide bonds. The SMILES string of the molecule is CO[Si](CCCCCCCCN1CCOCC1)(OC)OC. The first-order valence-corrected chi connectivity index (χ1v) is 10.1. The minimum absolute atomic E-state index is 0.907. The molecule has 21 heavy (non-hydrogen) atoms. The van der Waals surface area contributed by atoms with Gasteiger partial charge in [0.25, 0.3) is 0 Å². The lowest BCUT2D eigenvalue weighted by atomic mass is 10.1. The van der Waals surface area contributed by atoms with Crippen molar-refractivity contribution in [3.8, 4) is 0 Å². The summed E-state index contributed by atoms with van der Waals surface area (Å²) in [7, 11) is 2.72. The maximum atomic E-state index is 5.43. The fraction of sp³-hybridized carbons (Fsp3) is 1.00. The number of rotatable bonds is 12. The minimum atomic E-state index is -2.33. The Hall–Kier alpha value is 0.0169. The lowest BCUT2D eigenvalue weighted by molar-refractivity contribution is 0.0371. The summed E-state index contributed by atoms with van der Waals surface area (Å²) in [5, 5.41) is 0. The number of hydrogen-bond donors (Lipinski definition) is 0. The van der Waals surface area contributed by atoms with E-state index >= 15 is 0 Å². The van der Waals surface area contributed by atoms with Gasteiger partial charge in [-0.05, 0) is 19.4 Å². The van der Waals surface area contributed by atoms with Crippen LogP contribution in [0.2, 0.25) is 6.04 Å². The first kappa shape index (κ1) is 19.1. The van der Waals surface area contributed by atoms with Crippen LogP contribution < -0.4 is 0 Å². The number of nitrogens with zero attached hydrogens (tertiary/aromatic N) is 1. The summed E-state index contributed by atoms with van der Waals surface area (Å²) in [6.07, 6.45) is 7.63. The van der Waals surface area contributed by atoms with Crippen molar-refractivity contribution in [1.82, 2.24) is 4.90 Å². The number of morpholine rings is 1. The lowest BCUT2D eigenvalue weighted by Gasteiger charge is -2.26. The molecular formula is C15H33NO4Si. The molecule has 0 aromatic carbocycles. The van der Waals surface area contributed by atoms with Crippen LogP contribution in [-0.4, -0.2) is 67.9 Å². The average Bonchev–Trinajstić information content (AvgIpc) is 2.55. The average molecular weight is 320 g/mol. The highest BCUT2D eigenvalue weighted by molar-refractivity contribution is 6.60. The van der Waals surface area contributed by atoms with Crippen LogP contribution in [0.5, 0.6) is 0 Å². The zero-order chi connectivity index (χ0) is 15.4. The summed E-state index contributed by atoms with van der Waals surface area (Å²) in [4.78, 5) is 2.51. The van der Waals surface area contributed by atoms with E-state index in [0.29, 0.717) is 0 Å². The van der Waals surface area contributed by atoms with Crippen molar-refractivity contribution in [2.45, 2.75) is 44.6 Å². The van der Waals surface area contributed by atoms with Crippen molar-refractivity contribution in [3.63, 3.8) is 0 Å². The standard InChI is InChI=1S/C15H33NO4Si/c1-17-21(18-2,19-3)15-9-7-5-4-6-8-10-16-11-13-20-14-12-16/h4-15H2,1-3H3. The molecule has 0 aromatic rings. The molecule has 5 nitrogen and oxygen atoms in total. The third-order valence-electron chi connectivity index (χ3n) is 4.24. The van der Waals surface area contributed by atoms with Crippen LogP contribution >= 0.6 is 0 Å². The van der Waals surface area contributed by atoms with Crippen molar-refractivity contribution in [1.29, 1.82) is 0 Å².